The molecule has 1 unspecified atom stereocenters. The van der Waals surface area contributed by atoms with Crippen LogP contribution in [0.5, 0.6) is 0 Å². The van der Waals surface area contributed by atoms with E-state index in [1.54, 1.807) is 0 Å². The molecule has 8 heteroatoms. The Hall–Kier alpha value is -1.09. The molecule has 0 fully saturated rings. The second-order valence-electron chi connectivity index (χ2n) is 3.97. The molecule has 0 saturated heterocycles. The van der Waals surface area contributed by atoms with Gasteiger partial charge in [-0.3, -0.25) is 0 Å². The van der Waals surface area contributed by atoms with E-state index in [0.29, 0.717) is 25.8 Å². The molecule has 0 aliphatic rings. The summed E-state index contributed by atoms with van der Waals surface area (Å²) in [5.41, 5.74) is -0.0928. The van der Waals surface area contributed by atoms with Gasteiger partial charge in [0.25, 0.3) is 0 Å². The highest BCUT2D eigenvalue weighted by molar-refractivity contribution is 6.63. The van der Waals surface area contributed by atoms with Crippen molar-refractivity contribution in [2.75, 3.05) is 25.1 Å². The Balaban J connectivity index is 2.93. The number of nitrogens with zero attached hydrogens (tertiary/aromatic N) is 3. The monoisotopic (exact) mass is 300 g/mol. The first kappa shape index (κ1) is 17.0. The topological polar surface area (TPSA) is 78.4 Å². The fourth-order valence-electron chi connectivity index (χ4n) is 1.94. The van der Waals surface area contributed by atoms with Gasteiger partial charge < -0.3 is 18.6 Å². The molecule has 114 valence electrons. The molecule has 1 atom stereocenters. The predicted octanol–water partition coefficient (Wildman–Crippen LogP) is 1.65. The maximum absolute atomic E-state index is 5.90. The summed E-state index contributed by atoms with van der Waals surface area (Å²) in [4.78, 5) is 12.0. The van der Waals surface area contributed by atoms with Crippen molar-refractivity contribution in [2.45, 2.75) is 39.8 Å². The molecule has 0 saturated carbocycles. The minimum atomic E-state index is -2.82. The van der Waals surface area contributed by atoms with Crippen molar-refractivity contribution >= 4 is 14.8 Å². The molecule has 0 radical (unpaired) electrons. The highest BCUT2D eigenvalue weighted by atomic mass is 28.4. The second kappa shape index (κ2) is 8.96. The molecule has 1 aromatic rings. The van der Waals surface area contributed by atoms with Crippen molar-refractivity contribution in [1.29, 1.82) is 0 Å². The molecular formula is C12H24N4O3Si. The van der Waals surface area contributed by atoms with Crippen LogP contribution in [-0.2, 0) is 13.3 Å². The van der Waals surface area contributed by atoms with Crippen molar-refractivity contribution in [2.24, 2.45) is 0 Å². The van der Waals surface area contributed by atoms with Crippen LogP contribution in [0.3, 0.4) is 0 Å². The molecule has 0 aromatic carbocycles. The SMILES string of the molecule is CCO[Si](OCC)(OCC)C(CC)Nc1ncncn1. The summed E-state index contributed by atoms with van der Waals surface area (Å²) in [5, 5.41) is 3.25. The molecule has 1 rings (SSSR count). The van der Waals surface area contributed by atoms with E-state index in [0.717, 1.165) is 6.42 Å². The van der Waals surface area contributed by atoms with Crippen LogP contribution >= 0.6 is 0 Å². The van der Waals surface area contributed by atoms with E-state index >= 15 is 0 Å². The van der Waals surface area contributed by atoms with Crippen molar-refractivity contribution in [3.8, 4) is 0 Å². The molecule has 1 aromatic heterocycles. The van der Waals surface area contributed by atoms with Gasteiger partial charge in [-0.1, -0.05) is 6.92 Å². The third kappa shape index (κ3) is 4.48. The average molecular weight is 300 g/mol. The number of hydrogen-bond donors (Lipinski definition) is 1. The standard InChI is InChI=1S/C12H24N4O3Si/c1-5-11(16-12-14-9-13-10-15-12)20(17-6-2,18-7-3)19-8-4/h9-11H,5-8H2,1-4H3,(H,13,14,15,16). The first-order valence-corrected chi connectivity index (χ1v) is 8.82. The lowest BCUT2D eigenvalue weighted by Gasteiger charge is -2.35. The zero-order chi connectivity index (χ0) is 14.8. The van der Waals surface area contributed by atoms with Crippen molar-refractivity contribution in [3.63, 3.8) is 0 Å². The van der Waals surface area contributed by atoms with Gasteiger partial charge in [-0.15, -0.1) is 0 Å². The summed E-state index contributed by atoms with van der Waals surface area (Å²) in [6.45, 7) is 9.50. The Labute approximate surface area is 121 Å². The maximum atomic E-state index is 5.90. The second-order valence-corrected chi connectivity index (χ2v) is 6.74. The number of rotatable bonds is 10. The van der Waals surface area contributed by atoms with Gasteiger partial charge in [-0.2, -0.15) is 0 Å². The van der Waals surface area contributed by atoms with E-state index in [2.05, 4.69) is 27.2 Å². The third-order valence-electron chi connectivity index (χ3n) is 2.67. The largest absolute Gasteiger partial charge is 0.524 e. The molecule has 0 aliphatic carbocycles. The van der Waals surface area contributed by atoms with Crippen LogP contribution in [0.15, 0.2) is 12.7 Å². The number of aromatic nitrogens is 3. The highest BCUT2D eigenvalue weighted by Crippen LogP contribution is 2.20. The number of hydrogen-bond acceptors (Lipinski definition) is 7. The quantitative estimate of drug-likeness (QED) is 0.658. The molecule has 0 bridgehead atoms. The summed E-state index contributed by atoms with van der Waals surface area (Å²) in [6, 6.07) is 0. The third-order valence-corrected chi connectivity index (χ3v) is 6.15. The molecule has 0 amide bonds. The Morgan fingerprint density at radius 1 is 1.00 bits per heavy atom. The Kier molecular flexibility index (Phi) is 7.59. The fraction of sp³-hybridized carbons (Fsp3) is 0.750. The highest BCUT2D eigenvalue weighted by Gasteiger charge is 2.49. The Bertz CT molecular complexity index is 352. The van der Waals surface area contributed by atoms with Crippen molar-refractivity contribution < 1.29 is 13.3 Å². The van der Waals surface area contributed by atoms with E-state index in [1.807, 2.05) is 20.8 Å². The summed E-state index contributed by atoms with van der Waals surface area (Å²) in [7, 11) is -2.82. The molecule has 1 heterocycles. The fourth-order valence-corrected chi connectivity index (χ4v) is 4.81. The van der Waals surface area contributed by atoms with Crippen LogP contribution < -0.4 is 5.32 Å². The minimum absolute atomic E-state index is 0.0928. The van der Waals surface area contributed by atoms with Gasteiger partial charge in [-0.25, -0.2) is 15.0 Å². The van der Waals surface area contributed by atoms with Gasteiger partial charge >= 0.3 is 8.80 Å². The van der Waals surface area contributed by atoms with Crippen molar-refractivity contribution in [3.05, 3.63) is 12.7 Å². The van der Waals surface area contributed by atoms with Crippen LogP contribution in [-0.4, -0.2) is 49.2 Å². The Morgan fingerprint density at radius 2 is 1.50 bits per heavy atom. The van der Waals surface area contributed by atoms with Gasteiger partial charge in [0, 0.05) is 19.8 Å². The van der Waals surface area contributed by atoms with Crippen LogP contribution in [0.1, 0.15) is 34.1 Å². The maximum Gasteiger partial charge on any atom is 0.524 e. The van der Waals surface area contributed by atoms with Gasteiger partial charge in [-0.05, 0) is 27.2 Å². The molecular weight excluding hydrogens is 276 g/mol. The van der Waals surface area contributed by atoms with E-state index in [-0.39, 0.29) is 5.67 Å². The van der Waals surface area contributed by atoms with E-state index in [9.17, 15) is 0 Å². The number of anilines is 1. The lowest BCUT2D eigenvalue weighted by atomic mass is 10.5. The Morgan fingerprint density at radius 3 is 1.90 bits per heavy atom. The normalized spacial score (nSPS) is 13.2. The summed E-state index contributed by atoms with van der Waals surface area (Å²) < 4.78 is 17.7. The smallest absolute Gasteiger partial charge is 0.373 e. The molecule has 0 spiro atoms. The van der Waals surface area contributed by atoms with Gasteiger partial charge in [0.1, 0.15) is 12.7 Å². The number of nitrogens with one attached hydrogen (secondary N) is 1. The lowest BCUT2D eigenvalue weighted by molar-refractivity contribution is 0.0638. The van der Waals surface area contributed by atoms with Gasteiger partial charge in [0.15, 0.2) is 0 Å². The van der Waals surface area contributed by atoms with Crippen LogP contribution in [0.4, 0.5) is 5.95 Å². The first-order valence-electron chi connectivity index (χ1n) is 7.02. The van der Waals surface area contributed by atoms with Crippen molar-refractivity contribution in [1.82, 2.24) is 15.0 Å². The molecule has 20 heavy (non-hydrogen) atoms. The van der Waals surface area contributed by atoms with E-state index < -0.39 is 8.80 Å². The lowest BCUT2D eigenvalue weighted by Crippen LogP contribution is -2.59. The zero-order valence-corrected chi connectivity index (χ0v) is 13.6. The zero-order valence-electron chi connectivity index (χ0n) is 12.6. The van der Waals surface area contributed by atoms with Gasteiger partial charge in [0.2, 0.25) is 5.95 Å². The first-order chi connectivity index (χ1) is 9.72. The predicted molar refractivity (Wildman–Crippen MR) is 78.2 cm³/mol. The minimum Gasteiger partial charge on any atom is -0.373 e. The molecule has 7 nitrogen and oxygen atoms in total. The summed E-state index contributed by atoms with van der Waals surface area (Å²) >= 11 is 0. The van der Waals surface area contributed by atoms with E-state index in [4.69, 9.17) is 13.3 Å². The molecule has 1 N–H and O–H groups in total. The summed E-state index contributed by atoms with van der Waals surface area (Å²) in [6.07, 6.45) is 3.69. The van der Waals surface area contributed by atoms with Crippen LogP contribution in [0, 0.1) is 0 Å². The van der Waals surface area contributed by atoms with Crippen LogP contribution in [0.25, 0.3) is 0 Å². The van der Waals surface area contributed by atoms with E-state index in [1.165, 1.54) is 12.7 Å². The average Bonchev–Trinajstić information content (AvgIpc) is 2.46. The van der Waals surface area contributed by atoms with Crippen LogP contribution in [0.2, 0.25) is 0 Å². The van der Waals surface area contributed by atoms with Gasteiger partial charge in [0.05, 0.1) is 5.67 Å². The summed E-state index contributed by atoms with van der Waals surface area (Å²) in [5.74, 6) is 0.503. The molecule has 0 aliphatic heterocycles.